The molecule has 142 valence electrons. The third-order valence-electron chi connectivity index (χ3n) is 4.04. The molecule has 0 unspecified atom stereocenters. The summed E-state index contributed by atoms with van der Waals surface area (Å²) in [6.45, 7) is 1.70. The minimum Gasteiger partial charge on any atom is -0.395 e. The number of halogens is 3. The summed E-state index contributed by atoms with van der Waals surface area (Å²) in [4.78, 5) is 20.4. The van der Waals surface area contributed by atoms with Crippen molar-refractivity contribution < 1.29 is 27.4 Å². The summed E-state index contributed by atoms with van der Waals surface area (Å²) in [6.07, 6.45) is -1.06. The standard InChI is InChI=1S/C19H12F3N3O3/c1-10-6-15-16(28-19(21,22)27-15)7-12(10)14-8-24-17(9-23-14)25-18(26)11-4-2-3-5-13(11)20/h2-9H,1H3,(H,24,25,26). The van der Waals surface area contributed by atoms with Crippen LogP contribution in [0.4, 0.5) is 19.0 Å². The fourth-order valence-electron chi connectivity index (χ4n) is 2.73. The van der Waals surface area contributed by atoms with Crippen LogP contribution in [0.2, 0.25) is 0 Å². The van der Waals surface area contributed by atoms with Crippen LogP contribution in [0.1, 0.15) is 15.9 Å². The van der Waals surface area contributed by atoms with Gasteiger partial charge in [0.25, 0.3) is 5.91 Å². The number of aryl methyl sites for hydroxylation is 1. The Balaban J connectivity index is 1.56. The van der Waals surface area contributed by atoms with E-state index >= 15 is 0 Å². The first-order valence-corrected chi connectivity index (χ1v) is 8.11. The van der Waals surface area contributed by atoms with Gasteiger partial charge in [0, 0.05) is 5.56 Å². The molecule has 0 bridgehead atoms. The molecule has 0 saturated heterocycles. The summed E-state index contributed by atoms with van der Waals surface area (Å²) in [5.74, 6) is -1.38. The Morgan fingerprint density at radius 1 is 1.07 bits per heavy atom. The predicted octanol–water partition coefficient (Wildman–Crippen LogP) is 4.16. The van der Waals surface area contributed by atoms with E-state index in [-0.39, 0.29) is 22.9 Å². The molecular formula is C19H12F3N3O3. The topological polar surface area (TPSA) is 73.3 Å². The van der Waals surface area contributed by atoms with Crippen LogP contribution in [0.25, 0.3) is 11.3 Å². The molecule has 28 heavy (non-hydrogen) atoms. The maximum absolute atomic E-state index is 13.7. The second-order valence-corrected chi connectivity index (χ2v) is 6.00. The number of carbonyl (C=O) groups is 1. The first-order valence-electron chi connectivity index (χ1n) is 8.11. The molecule has 1 aliphatic heterocycles. The summed E-state index contributed by atoms with van der Waals surface area (Å²) in [7, 11) is 0. The van der Waals surface area contributed by atoms with Crippen LogP contribution in [-0.2, 0) is 0 Å². The quantitative estimate of drug-likeness (QED) is 0.730. The highest BCUT2D eigenvalue weighted by Crippen LogP contribution is 2.44. The van der Waals surface area contributed by atoms with Crippen molar-refractivity contribution in [3.8, 4) is 22.8 Å². The molecule has 0 fully saturated rings. The summed E-state index contributed by atoms with van der Waals surface area (Å²) in [5, 5.41) is 2.45. The van der Waals surface area contributed by atoms with E-state index in [4.69, 9.17) is 0 Å². The van der Waals surface area contributed by atoms with Gasteiger partial charge in [-0.25, -0.2) is 9.37 Å². The fourth-order valence-corrected chi connectivity index (χ4v) is 2.73. The highest BCUT2D eigenvalue weighted by molar-refractivity contribution is 6.03. The Kier molecular flexibility index (Phi) is 4.14. The van der Waals surface area contributed by atoms with Crippen LogP contribution in [0.15, 0.2) is 48.8 Å². The highest BCUT2D eigenvalue weighted by Gasteiger charge is 2.43. The summed E-state index contributed by atoms with van der Waals surface area (Å²) in [6, 6.07) is 8.34. The SMILES string of the molecule is Cc1cc2c(cc1-c1cnc(NC(=O)c3ccccc3F)cn1)OC(F)(F)O2. The Bertz CT molecular complexity index is 1070. The lowest BCUT2D eigenvalue weighted by atomic mass is 10.1. The Hall–Kier alpha value is -3.62. The van der Waals surface area contributed by atoms with E-state index in [2.05, 4.69) is 24.8 Å². The van der Waals surface area contributed by atoms with Gasteiger partial charge in [-0.2, -0.15) is 0 Å². The smallest absolute Gasteiger partial charge is 0.395 e. The number of benzene rings is 2. The number of nitrogens with one attached hydrogen (secondary N) is 1. The molecule has 9 heteroatoms. The van der Waals surface area contributed by atoms with E-state index in [9.17, 15) is 18.0 Å². The average molecular weight is 387 g/mol. The number of nitrogens with zero attached hydrogens (tertiary/aromatic N) is 2. The monoisotopic (exact) mass is 387 g/mol. The third kappa shape index (κ3) is 3.34. The number of anilines is 1. The zero-order valence-electron chi connectivity index (χ0n) is 14.4. The zero-order chi connectivity index (χ0) is 19.9. The van der Waals surface area contributed by atoms with E-state index < -0.39 is 18.0 Å². The first-order chi connectivity index (χ1) is 13.3. The lowest BCUT2D eigenvalue weighted by Crippen LogP contribution is -2.25. The number of amides is 1. The second-order valence-electron chi connectivity index (χ2n) is 6.00. The van der Waals surface area contributed by atoms with Gasteiger partial charge < -0.3 is 14.8 Å². The lowest BCUT2D eigenvalue weighted by Gasteiger charge is -2.08. The number of alkyl halides is 2. The maximum Gasteiger partial charge on any atom is 0.586 e. The largest absolute Gasteiger partial charge is 0.586 e. The summed E-state index contributed by atoms with van der Waals surface area (Å²) < 4.78 is 48.9. The molecule has 1 N–H and O–H groups in total. The molecule has 2 aromatic carbocycles. The predicted molar refractivity (Wildman–Crippen MR) is 92.8 cm³/mol. The molecule has 2 heterocycles. The minimum absolute atomic E-state index is 0.0621. The number of hydrogen-bond donors (Lipinski definition) is 1. The summed E-state index contributed by atoms with van der Waals surface area (Å²) >= 11 is 0. The number of hydrogen-bond acceptors (Lipinski definition) is 5. The van der Waals surface area contributed by atoms with Crippen LogP contribution in [-0.4, -0.2) is 22.2 Å². The van der Waals surface area contributed by atoms with Gasteiger partial charge in [-0.05, 0) is 36.8 Å². The van der Waals surface area contributed by atoms with E-state index in [0.717, 1.165) is 0 Å². The van der Waals surface area contributed by atoms with Crippen molar-refractivity contribution in [3.05, 3.63) is 65.7 Å². The molecule has 0 aliphatic carbocycles. The van der Waals surface area contributed by atoms with Gasteiger partial charge >= 0.3 is 6.29 Å². The highest BCUT2D eigenvalue weighted by atomic mass is 19.3. The number of aromatic nitrogens is 2. The van der Waals surface area contributed by atoms with E-state index in [1.807, 2.05) is 0 Å². The van der Waals surface area contributed by atoms with Crippen molar-refractivity contribution in [2.75, 3.05) is 5.32 Å². The number of rotatable bonds is 3. The fraction of sp³-hybridized carbons (Fsp3) is 0.105. The molecule has 0 saturated carbocycles. The van der Waals surface area contributed by atoms with Gasteiger partial charge in [0.2, 0.25) is 0 Å². The number of carbonyl (C=O) groups excluding carboxylic acids is 1. The molecule has 6 nitrogen and oxygen atoms in total. The van der Waals surface area contributed by atoms with Crippen molar-refractivity contribution in [3.63, 3.8) is 0 Å². The van der Waals surface area contributed by atoms with Crippen LogP contribution < -0.4 is 14.8 Å². The molecule has 1 amide bonds. The van der Waals surface area contributed by atoms with Crippen LogP contribution in [0, 0.1) is 12.7 Å². The number of fused-ring (bicyclic) bond motifs is 1. The van der Waals surface area contributed by atoms with Gasteiger partial charge in [0.05, 0.1) is 23.7 Å². The van der Waals surface area contributed by atoms with Gasteiger partial charge in [0.15, 0.2) is 17.3 Å². The van der Waals surface area contributed by atoms with E-state index in [1.54, 1.807) is 13.0 Å². The van der Waals surface area contributed by atoms with Crippen LogP contribution >= 0.6 is 0 Å². The van der Waals surface area contributed by atoms with Crippen molar-refractivity contribution in [2.24, 2.45) is 0 Å². The van der Waals surface area contributed by atoms with Gasteiger partial charge in [0.1, 0.15) is 5.82 Å². The van der Waals surface area contributed by atoms with Crippen molar-refractivity contribution in [1.29, 1.82) is 0 Å². The van der Waals surface area contributed by atoms with Crippen molar-refractivity contribution >= 4 is 11.7 Å². The third-order valence-corrected chi connectivity index (χ3v) is 4.04. The van der Waals surface area contributed by atoms with Crippen molar-refractivity contribution in [1.82, 2.24) is 9.97 Å². The molecule has 0 spiro atoms. The summed E-state index contributed by atoms with van der Waals surface area (Å²) in [5.41, 5.74) is 1.39. The number of ether oxygens (including phenoxy) is 2. The van der Waals surface area contributed by atoms with Crippen LogP contribution in [0.5, 0.6) is 11.5 Å². The average Bonchev–Trinajstić information content (AvgIpc) is 2.95. The Morgan fingerprint density at radius 3 is 2.46 bits per heavy atom. The van der Waals surface area contributed by atoms with Gasteiger partial charge in [-0.15, -0.1) is 8.78 Å². The molecule has 4 rings (SSSR count). The minimum atomic E-state index is -3.71. The molecule has 1 aliphatic rings. The maximum atomic E-state index is 13.7. The molecule has 0 radical (unpaired) electrons. The van der Waals surface area contributed by atoms with Crippen molar-refractivity contribution in [2.45, 2.75) is 13.2 Å². The van der Waals surface area contributed by atoms with E-state index in [0.29, 0.717) is 16.8 Å². The first kappa shape index (κ1) is 17.8. The second kappa shape index (κ2) is 6.52. The lowest BCUT2D eigenvalue weighted by molar-refractivity contribution is -0.286. The molecule has 1 aromatic heterocycles. The zero-order valence-corrected chi connectivity index (χ0v) is 14.4. The normalized spacial score (nSPS) is 14.0. The van der Waals surface area contributed by atoms with Crippen LogP contribution in [0.3, 0.4) is 0 Å². The Labute approximate surface area is 157 Å². The molecule has 3 aromatic rings. The van der Waals surface area contributed by atoms with E-state index in [1.165, 1.54) is 42.7 Å². The Morgan fingerprint density at radius 2 is 1.79 bits per heavy atom. The molecular weight excluding hydrogens is 375 g/mol. The van der Waals surface area contributed by atoms with Gasteiger partial charge in [-0.1, -0.05) is 12.1 Å². The molecule has 0 atom stereocenters. The van der Waals surface area contributed by atoms with Gasteiger partial charge in [-0.3, -0.25) is 9.78 Å².